The number of aliphatic hydroxyl groups excluding tert-OH is 1. The van der Waals surface area contributed by atoms with Crippen LogP contribution in [0.1, 0.15) is 17.5 Å². The Hall–Kier alpha value is -2.39. The van der Waals surface area contributed by atoms with Gasteiger partial charge in [0.05, 0.1) is 33.1 Å². The largest absolute Gasteiger partial charge is 0.484 e. The lowest BCUT2D eigenvalue weighted by atomic mass is 10.2. The molecule has 1 fully saturated rings. The second kappa shape index (κ2) is 8.96. The number of carbonyl (C=O) groups excluding carboxylic acids is 1. The van der Waals surface area contributed by atoms with Crippen LogP contribution in [0.15, 0.2) is 53.4 Å². The van der Waals surface area contributed by atoms with Crippen molar-refractivity contribution in [2.75, 3.05) is 19.7 Å². The summed E-state index contributed by atoms with van der Waals surface area (Å²) in [6, 6.07) is 11.4. The molecule has 0 aliphatic carbocycles. The lowest BCUT2D eigenvalue weighted by Crippen LogP contribution is -2.34. The molecule has 2 aromatic rings. The molecule has 1 aliphatic heterocycles. The summed E-state index contributed by atoms with van der Waals surface area (Å²) in [5.74, 6) is 0.147. The summed E-state index contributed by atoms with van der Waals surface area (Å²) in [7, 11) is -1.88. The molecule has 0 aromatic heterocycles. The highest BCUT2D eigenvalue weighted by Gasteiger charge is 2.38. The molecule has 5 nitrogen and oxygen atoms in total. The maximum absolute atomic E-state index is 13.2. The summed E-state index contributed by atoms with van der Waals surface area (Å²) >= 11 is 0. The van der Waals surface area contributed by atoms with Gasteiger partial charge in [-0.3, -0.25) is 9.00 Å². The van der Waals surface area contributed by atoms with Gasteiger partial charge in [-0.05, 0) is 36.2 Å². The third kappa shape index (κ3) is 5.16. The number of aliphatic hydroxyl groups is 1. The van der Waals surface area contributed by atoms with E-state index in [1.54, 1.807) is 24.3 Å². The minimum atomic E-state index is -4.58. The number of amides is 1. The van der Waals surface area contributed by atoms with Gasteiger partial charge in [0, 0.05) is 13.1 Å². The lowest BCUT2D eigenvalue weighted by molar-refractivity contribution is -0.139. The Morgan fingerprint density at radius 3 is 2.52 bits per heavy atom. The first-order valence-corrected chi connectivity index (χ1v) is 10.2. The van der Waals surface area contributed by atoms with Crippen LogP contribution in [-0.2, 0) is 28.4 Å². The van der Waals surface area contributed by atoms with Crippen molar-refractivity contribution in [3.63, 3.8) is 0 Å². The van der Waals surface area contributed by atoms with Gasteiger partial charge in [-0.2, -0.15) is 13.2 Å². The van der Waals surface area contributed by atoms with Gasteiger partial charge in [0.15, 0.2) is 6.61 Å². The SMILES string of the molecule is O=C(COc1ccc(CO)cc1)N1CC[C@@H](S(=O)c2ccccc2C(F)(F)F)C1. The van der Waals surface area contributed by atoms with E-state index < -0.39 is 27.8 Å². The zero-order chi connectivity index (χ0) is 21.0. The Balaban J connectivity index is 1.59. The zero-order valence-corrected chi connectivity index (χ0v) is 16.2. The van der Waals surface area contributed by atoms with E-state index in [1.807, 2.05) is 0 Å². The highest BCUT2D eigenvalue weighted by atomic mass is 32.2. The number of halogens is 3. The standard InChI is InChI=1S/C20H20F3NO4S/c21-20(22,23)17-3-1-2-4-18(17)29(27)16-9-10-24(11-16)19(26)13-28-15-7-5-14(12-25)6-8-15/h1-8,16,25H,9-13H2/t16-,29?/m1/s1. The van der Waals surface area contributed by atoms with Crippen LogP contribution in [0.5, 0.6) is 5.75 Å². The highest BCUT2D eigenvalue weighted by Crippen LogP contribution is 2.35. The van der Waals surface area contributed by atoms with E-state index in [0.717, 1.165) is 6.07 Å². The molecule has 0 bridgehead atoms. The van der Waals surface area contributed by atoms with Crippen molar-refractivity contribution in [3.8, 4) is 5.75 Å². The van der Waals surface area contributed by atoms with Crippen molar-refractivity contribution in [1.82, 2.24) is 4.90 Å². The second-order valence-electron chi connectivity index (χ2n) is 6.63. The number of rotatable bonds is 6. The van der Waals surface area contributed by atoms with E-state index in [1.165, 1.54) is 23.1 Å². The van der Waals surface area contributed by atoms with Gasteiger partial charge < -0.3 is 14.7 Å². The molecular formula is C20H20F3NO4S. The lowest BCUT2D eigenvalue weighted by Gasteiger charge is -2.18. The summed E-state index contributed by atoms with van der Waals surface area (Å²) in [6.45, 7) is 0.112. The molecule has 1 saturated heterocycles. The van der Waals surface area contributed by atoms with Crippen LogP contribution in [0.4, 0.5) is 13.2 Å². The fraction of sp³-hybridized carbons (Fsp3) is 0.350. The minimum absolute atomic E-state index is 0.0943. The predicted octanol–water partition coefficient (Wildman–Crippen LogP) is 2.99. The van der Waals surface area contributed by atoms with Gasteiger partial charge in [-0.1, -0.05) is 24.3 Å². The Morgan fingerprint density at radius 2 is 1.86 bits per heavy atom. The van der Waals surface area contributed by atoms with Crippen molar-refractivity contribution < 1.29 is 32.0 Å². The van der Waals surface area contributed by atoms with E-state index in [-0.39, 0.29) is 30.6 Å². The maximum atomic E-state index is 13.2. The second-order valence-corrected chi connectivity index (χ2v) is 8.33. The van der Waals surface area contributed by atoms with Gasteiger partial charge in [0.1, 0.15) is 5.75 Å². The molecule has 9 heteroatoms. The number of hydrogen-bond acceptors (Lipinski definition) is 4. The fourth-order valence-corrected chi connectivity index (χ4v) is 4.72. The molecule has 1 heterocycles. The van der Waals surface area contributed by atoms with Crippen LogP contribution in [-0.4, -0.2) is 45.1 Å². The molecule has 1 aliphatic rings. The number of nitrogens with zero attached hydrogens (tertiary/aromatic N) is 1. The van der Waals surface area contributed by atoms with Crippen LogP contribution in [0.2, 0.25) is 0 Å². The fourth-order valence-electron chi connectivity index (χ4n) is 3.11. The smallest absolute Gasteiger partial charge is 0.417 e. The van der Waals surface area contributed by atoms with Crippen molar-refractivity contribution in [3.05, 3.63) is 59.7 Å². The average molecular weight is 427 g/mol. The van der Waals surface area contributed by atoms with Crippen LogP contribution in [0, 0.1) is 0 Å². The Morgan fingerprint density at radius 1 is 1.17 bits per heavy atom. The average Bonchev–Trinajstić information content (AvgIpc) is 3.21. The Bertz CT molecular complexity index is 886. The quantitative estimate of drug-likeness (QED) is 0.770. The number of carbonyl (C=O) groups is 1. The Labute approximate surface area is 168 Å². The summed E-state index contributed by atoms with van der Waals surface area (Å²) < 4.78 is 57.7. The van der Waals surface area contributed by atoms with E-state index >= 15 is 0 Å². The van der Waals surface area contributed by atoms with Gasteiger partial charge in [-0.15, -0.1) is 0 Å². The molecule has 0 radical (unpaired) electrons. The minimum Gasteiger partial charge on any atom is -0.484 e. The summed E-state index contributed by atoms with van der Waals surface area (Å²) in [6.07, 6.45) is -4.23. The molecule has 1 amide bonds. The number of ether oxygens (including phenoxy) is 1. The maximum Gasteiger partial charge on any atom is 0.417 e. The molecule has 3 rings (SSSR count). The van der Waals surface area contributed by atoms with Crippen molar-refractivity contribution in [2.45, 2.75) is 29.3 Å². The topological polar surface area (TPSA) is 66.8 Å². The van der Waals surface area contributed by atoms with Crippen molar-refractivity contribution in [2.24, 2.45) is 0 Å². The molecule has 0 saturated carbocycles. The number of hydrogen-bond donors (Lipinski definition) is 1. The summed E-state index contributed by atoms with van der Waals surface area (Å²) in [5.41, 5.74) is -0.189. The molecule has 2 aromatic carbocycles. The number of alkyl halides is 3. The molecular weight excluding hydrogens is 407 g/mol. The molecule has 0 spiro atoms. The monoisotopic (exact) mass is 427 g/mol. The van der Waals surface area contributed by atoms with Gasteiger partial charge in [0.2, 0.25) is 0 Å². The first-order valence-electron chi connectivity index (χ1n) is 8.96. The van der Waals surface area contributed by atoms with Crippen LogP contribution in [0.25, 0.3) is 0 Å². The third-order valence-electron chi connectivity index (χ3n) is 4.68. The van der Waals surface area contributed by atoms with Crippen LogP contribution >= 0.6 is 0 Å². The number of benzene rings is 2. The third-order valence-corrected chi connectivity index (χ3v) is 6.46. The van der Waals surface area contributed by atoms with Gasteiger partial charge in [-0.25, -0.2) is 0 Å². The number of likely N-dealkylation sites (tertiary alicyclic amines) is 1. The molecule has 2 atom stereocenters. The van der Waals surface area contributed by atoms with E-state index in [9.17, 15) is 22.2 Å². The first kappa shape index (κ1) is 21.3. The van der Waals surface area contributed by atoms with Gasteiger partial charge in [0.25, 0.3) is 5.91 Å². The van der Waals surface area contributed by atoms with Crippen LogP contribution < -0.4 is 4.74 Å². The van der Waals surface area contributed by atoms with E-state index in [2.05, 4.69) is 0 Å². The van der Waals surface area contributed by atoms with Crippen LogP contribution in [0.3, 0.4) is 0 Å². The molecule has 1 unspecified atom stereocenters. The predicted molar refractivity (Wildman–Crippen MR) is 101 cm³/mol. The zero-order valence-electron chi connectivity index (χ0n) is 15.4. The van der Waals surface area contributed by atoms with Crippen molar-refractivity contribution >= 4 is 16.7 Å². The van der Waals surface area contributed by atoms with Crippen molar-refractivity contribution in [1.29, 1.82) is 0 Å². The molecule has 156 valence electrons. The summed E-state index contributed by atoms with van der Waals surface area (Å²) in [5, 5.41) is 8.45. The van der Waals surface area contributed by atoms with Gasteiger partial charge >= 0.3 is 6.18 Å². The summed E-state index contributed by atoms with van der Waals surface area (Å²) in [4.78, 5) is 13.6. The Kier molecular flexibility index (Phi) is 6.59. The molecule has 29 heavy (non-hydrogen) atoms. The highest BCUT2D eigenvalue weighted by molar-refractivity contribution is 7.85. The van der Waals surface area contributed by atoms with E-state index in [4.69, 9.17) is 9.84 Å². The first-order chi connectivity index (χ1) is 13.8. The van der Waals surface area contributed by atoms with E-state index in [0.29, 0.717) is 24.3 Å². The molecule has 1 N–H and O–H groups in total. The normalized spacial score (nSPS) is 17.9.